The van der Waals surface area contributed by atoms with Crippen molar-refractivity contribution in [2.24, 2.45) is 7.05 Å². The van der Waals surface area contributed by atoms with Gasteiger partial charge in [0.05, 0.1) is 38.5 Å². The summed E-state index contributed by atoms with van der Waals surface area (Å²) >= 11 is 1.25. The van der Waals surface area contributed by atoms with Crippen molar-refractivity contribution in [2.45, 2.75) is 13.3 Å². The van der Waals surface area contributed by atoms with Crippen LogP contribution in [0.5, 0.6) is 11.5 Å². The Morgan fingerprint density at radius 3 is 2.61 bits per heavy atom. The highest BCUT2D eigenvalue weighted by molar-refractivity contribution is 7.14. The summed E-state index contributed by atoms with van der Waals surface area (Å²) in [6.07, 6.45) is 0.0721. The zero-order valence-corrected chi connectivity index (χ0v) is 16.9. The van der Waals surface area contributed by atoms with E-state index in [2.05, 4.69) is 10.3 Å². The third kappa shape index (κ3) is 3.79. The number of ether oxygens (including phenoxy) is 3. The molecule has 0 bridgehead atoms. The molecule has 0 unspecified atom stereocenters. The van der Waals surface area contributed by atoms with Gasteiger partial charge in [-0.2, -0.15) is 0 Å². The van der Waals surface area contributed by atoms with Crippen LogP contribution in [0.1, 0.15) is 23.1 Å². The fourth-order valence-electron chi connectivity index (χ4n) is 2.94. The lowest BCUT2D eigenvalue weighted by Gasteiger charge is -2.08. The molecule has 0 radical (unpaired) electrons. The molecule has 0 atom stereocenters. The van der Waals surface area contributed by atoms with Gasteiger partial charge in [-0.3, -0.25) is 14.9 Å². The first kappa shape index (κ1) is 19.7. The Balaban J connectivity index is 1.85. The lowest BCUT2D eigenvalue weighted by Crippen LogP contribution is -2.15. The molecule has 0 saturated carbocycles. The van der Waals surface area contributed by atoms with Crippen LogP contribution in [-0.2, 0) is 23.0 Å². The SMILES string of the molecule is CCOC(=O)Cc1csc(NC(=O)c2cc3c(OC)ccc(OC)c3n2C)n1. The minimum atomic E-state index is -0.349. The number of aryl methyl sites for hydroxylation is 1. The first-order chi connectivity index (χ1) is 13.5. The van der Waals surface area contributed by atoms with E-state index in [9.17, 15) is 9.59 Å². The van der Waals surface area contributed by atoms with Crippen LogP contribution in [0.2, 0.25) is 0 Å². The number of hydrogen-bond acceptors (Lipinski definition) is 7. The van der Waals surface area contributed by atoms with E-state index in [1.807, 2.05) is 0 Å². The minimum absolute atomic E-state index is 0.0721. The molecule has 3 rings (SSSR count). The molecule has 8 nitrogen and oxygen atoms in total. The van der Waals surface area contributed by atoms with Crippen LogP contribution in [0, 0.1) is 0 Å². The van der Waals surface area contributed by atoms with Gasteiger partial charge < -0.3 is 18.8 Å². The van der Waals surface area contributed by atoms with Gasteiger partial charge in [-0.05, 0) is 25.1 Å². The zero-order valence-electron chi connectivity index (χ0n) is 16.1. The van der Waals surface area contributed by atoms with Gasteiger partial charge in [0.2, 0.25) is 0 Å². The Labute approximate surface area is 166 Å². The largest absolute Gasteiger partial charge is 0.496 e. The average molecular weight is 403 g/mol. The molecule has 0 aliphatic carbocycles. The van der Waals surface area contributed by atoms with E-state index in [4.69, 9.17) is 14.2 Å². The maximum absolute atomic E-state index is 12.8. The molecule has 28 heavy (non-hydrogen) atoms. The van der Waals surface area contributed by atoms with Crippen molar-refractivity contribution in [1.82, 2.24) is 9.55 Å². The monoisotopic (exact) mass is 403 g/mol. The Morgan fingerprint density at radius 1 is 1.21 bits per heavy atom. The molecule has 0 spiro atoms. The molecule has 0 aliphatic heterocycles. The van der Waals surface area contributed by atoms with Gasteiger partial charge in [-0.1, -0.05) is 0 Å². The van der Waals surface area contributed by atoms with E-state index in [0.29, 0.717) is 34.6 Å². The van der Waals surface area contributed by atoms with Gasteiger partial charge >= 0.3 is 5.97 Å². The van der Waals surface area contributed by atoms with Crippen LogP contribution in [0.25, 0.3) is 10.9 Å². The first-order valence-electron chi connectivity index (χ1n) is 8.60. The first-order valence-corrected chi connectivity index (χ1v) is 9.48. The molecule has 1 amide bonds. The van der Waals surface area contributed by atoms with Crippen LogP contribution in [-0.4, -0.2) is 42.3 Å². The van der Waals surface area contributed by atoms with Gasteiger partial charge in [0.1, 0.15) is 17.2 Å². The summed E-state index contributed by atoms with van der Waals surface area (Å²) in [6, 6.07) is 5.34. The summed E-state index contributed by atoms with van der Waals surface area (Å²) in [5.41, 5.74) is 1.74. The second kappa shape index (κ2) is 8.30. The number of fused-ring (bicyclic) bond motifs is 1. The number of thiazole rings is 1. The smallest absolute Gasteiger partial charge is 0.311 e. The highest BCUT2D eigenvalue weighted by atomic mass is 32.1. The zero-order chi connectivity index (χ0) is 20.3. The van der Waals surface area contributed by atoms with Crippen molar-refractivity contribution in [2.75, 3.05) is 26.1 Å². The van der Waals surface area contributed by atoms with Crippen LogP contribution < -0.4 is 14.8 Å². The molecule has 0 aliphatic rings. The minimum Gasteiger partial charge on any atom is -0.496 e. The molecule has 148 valence electrons. The summed E-state index contributed by atoms with van der Waals surface area (Å²) in [5.74, 6) is 0.623. The number of nitrogens with one attached hydrogen (secondary N) is 1. The van der Waals surface area contributed by atoms with Crippen LogP contribution in [0.4, 0.5) is 5.13 Å². The van der Waals surface area contributed by atoms with Crippen molar-refractivity contribution in [3.05, 3.63) is 35.0 Å². The van der Waals surface area contributed by atoms with E-state index < -0.39 is 0 Å². The van der Waals surface area contributed by atoms with Gasteiger partial charge in [-0.25, -0.2) is 4.98 Å². The Morgan fingerprint density at radius 2 is 1.93 bits per heavy atom. The summed E-state index contributed by atoms with van der Waals surface area (Å²) in [6.45, 7) is 2.07. The number of amides is 1. The molecule has 0 saturated heterocycles. The number of hydrogen-bond donors (Lipinski definition) is 1. The van der Waals surface area contributed by atoms with Crippen LogP contribution in [0.3, 0.4) is 0 Å². The molecule has 9 heteroatoms. The number of rotatable bonds is 7. The number of methoxy groups -OCH3 is 2. The Hall–Kier alpha value is -3.07. The molecule has 3 aromatic rings. The summed E-state index contributed by atoms with van der Waals surface area (Å²) in [7, 11) is 4.94. The number of esters is 1. The number of nitrogens with zero attached hydrogens (tertiary/aromatic N) is 2. The van der Waals surface area contributed by atoms with E-state index in [-0.39, 0.29) is 18.3 Å². The highest BCUT2D eigenvalue weighted by Gasteiger charge is 2.20. The van der Waals surface area contributed by atoms with Crippen molar-refractivity contribution >= 4 is 39.2 Å². The Bertz CT molecular complexity index is 1020. The van der Waals surface area contributed by atoms with E-state index in [1.165, 1.54) is 11.3 Å². The third-order valence-electron chi connectivity index (χ3n) is 4.19. The normalized spacial score (nSPS) is 10.7. The molecule has 1 aromatic carbocycles. The van der Waals surface area contributed by atoms with Crippen LogP contribution >= 0.6 is 11.3 Å². The second-order valence-electron chi connectivity index (χ2n) is 5.90. The predicted molar refractivity (Wildman–Crippen MR) is 106 cm³/mol. The number of aromatic nitrogens is 2. The van der Waals surface area contributed by atoms with Crippen LogP contribution in [0.15, 0.2) is 23.6 Å². The predicted octanol–water partition coefficient (Wildman–Crippen LogP) is 3.01. The second-order valence-corrected chi connectivity index (χ2v) is 6.76. The molecule has 2 heterocycles. The quantitative estimate of drug-likeness (QED) is 0.610. The maximum Gasteiger partial charge on any atom is 0.311 e. The molecule has 1 N–H and O–H groups in total. The van der Waals surface area contributed by atoms with E-state index in [0.717, 1.165) is 10.9 Å². The number of anilines is 1. The maximum atomic E-state index is 12.8. The van der Waals surface area contributed by atoms with Crippen molar-refractivity contribution < 1.29 is 23.8 Å². The molecular weight excluding hydrogens is 382 g/mol. The van der Waals surface area contributed by atoms with Gasteiger partial charge in [-0.15, -0.1) is 11.3 Å². The number of benzene rings is 1. The van der Waals surface area contributed by atoms with Crippen molar-refractivity contribution in [3.63, 3.8) is 0 Å². The lowest BCUT2D eigenvalue weighted by molar-refractivity contribution is -0.142. The number of carbonyl (C=O) groups is 2. The molecular formula is C19H21N3O5S. The topological polar surface area (TPSA) is 91.7 Å². The average Bonchev–Trinajstić information content (AvgIpc) is 3.25. The lowest BCUT2D eigenvalue weighted by atomic mass is 10.2. The summed E-state index contributed by atoms with van der Waals surface area (Å²) < 4.78 is 17.5. The fraction of sp³-hybridized carbons (Fsp3) is 0.316. The van der Waals surface area contributed by atoms with Gasteiger partial charge in [0.25, 0.3) is 5.91 Å². The summed E-state index contributed by atoms with van der Waals surface area (Å²) in [5, 5.41) is 5.68. The van der Waals surface area contributed by atoms with E-state index >= 15 is 0 Å². The molecule has 0 fully saturated rings. The van der Waals surface area contributed by atoms with Crippen molar-refractivity contribution in [3.8, 4) is 11.5 Å². The standard InChI is InChI=1S/C19H21N3O5S/c1-5-27-16(23)8-11-10-28-19(20-11)21-18(24)13-9-12-14(25-3)6-7-15(26-4)17(12)22(13)2/h6-7,9-10H,5,8H2,1-4H3,(H,20,21,24). The van der Waals surface area contributed by atoms with E-state index in [1.54, 1.807) is 56.3 Å². The van der Waals surface area contributed by atoms with Gasteiger partial charge in [0.15, 0.2) is 5.13 Å². The van der Waals surface area contributed by atoms with Crippen molar-refractivity contribution in [1.29, 1.82) is 0 Å². The highest BCUT2D eigenvalue weighted by Crippen LogP contribution is 2.35. The Kier molecular flexibility index (Phi) is 5.84. The number of carbonyl (C=O) groups excluding carboxylic acids is 2. The third-order valence-corrected chi connectivity index (χ3v) is 5.00. The fourth-order valence-corrected chi connectivity index (χ4v) is 3.64. The summed E-state index contributed by atoms with van der Waals surface area (Å²) in [4.78, 5) is 28.6. The van der Waals surface area contributed by atoms with Gasteiger partial charge in [0, 0.05) is 17.8 Å². The molecule has 2 aromatic heterocycles.